The fourth-order valence-corrected chi connectivity index (χ4v) is 1.43. The van der Waals surface area contributed by atoms with Crippen molar-refractivity contribution >= 4 is 17.3 Å². The maximum atomic E-state index is 3.91. The minimum Gasteiger partial charge on any atom is -0.289 e. The zero-order valence-electron chi connectivity index (χ0n) is 6.74. The monoisotopic (exact) mass is 165 g/mol. The minimum absolute atomic E-state index is 1.28. The van der Waals surface area contributed by atoms with E-state index in [2.05, 4.69) is 24.0 Å². The van der Waals surface area contributed by atoms with Crippen molar-refractivity contribution in [2.45, 2.75) is 11.8 Å². The molecule has 1 aromatic carbocycles. The molecule has 1 aromatic rings. The molecule has 0 amide bonds. The summed E-state index contributed by atoms with van der Waals surface area (Å²) in [7, 11) is 1.78. The molecule has 2 heteroatoms. The van der Waals surface area contributed by atoms with Crippen molar-refractivity contribution in [1.82, 2.24) is 0 Å². The Morgan fingerprint density at radius 1 is 1.36 bits per heavy atom. The van der Waals surface area contributed by atoms with Crippen LogP contribution in [0.1, 0.15) is 5.56 Å². The van der Waals surface area contributed by atoms with E-state index in [4.69, 9.17) is 0 Å². The number of nitrogens with zero attached hydrogens (tertiary/aromatic N) is 1. The standard InChI is InChI=1S/C9H11NS/c1-8-5-3-4-6-9(8)11-7-10-2/h3-7H,1-2H3/b10-7+. The summed E-state index contributed by atoms with van der Waals surface area (Å²) in [6.07, 6.45) is 0. The molecule has 0 fully saturated rings. The molecule has 0 heterocycles. The highest BCUT2D eigenvalue weighted by Gasteiger charge is 1.92. The molecule has 0 aliphatic heterocycles. The Kier molecular flexibility index (Phi) is 3.17. The largest absolute Gasteiger partial charge is 0.289 e. The van der Waals surface area contributed by atoms with Crippen LogP contribution in [0.15, 0.2) is 34.2 Å². The van der Waals surface area contributed by atoms with Crippen LogP contribution >= 0.6 is 11.8 Å². The summed E-state index contributed by atoms with van der Waals surface area (Å²) in [5.41, 5.74) is 3.15. The molecule has 1 nitrogen and oxygen atoms in total. The quantitative estimate of drug-likeness (QED) is 0.373. The van der Waals surface area contributed by atoms with Gasteiger partial charge in [0.15, 0.2) is 0 Å². The van der Waals surface area contributed by atoms with Gasteiger partial charge in [-0.2, -0.15) is 0 Å². The van der Waals surface area contributed by atoms with Crippen molar-refractivity contribution in [3.8, 4) is 0 Å². The van der Waals surface area contributed by atoms with Crippen LogP contribution < -0.4 is 0 Å². The lowest BCUT2D eigenvalue weighted by Gasteiger charge is -1.98. The van der Waals surface area contributed by atoms with Gasteiger partial charge in [-0.05, 0) is 18.6 Å². The number of thioether (sulfide) groups is 1. The zero-order valence-corrected chi connectivity index (χ0v) is 7.56. The Morgan fingerprint density at radius 3 is 2.73 bits per heavy atom. The molecule has 0 bridgehead atoms. The maximum Gasteiger partial charge on any atom is 0.0585 e. The first-order valence-corrected chi connectivity index (χ1v) is 4.35. The van der Waals surface area contributed by atoms with Crippen LogP contribution in [0.3, 0.4) is 0 Å². The van der Waals surface area contributed by atoms with E-state index in [0.717, 1.165) is 0 Å². The van der Waals surface area contributed by atoms with Gasteiger partial charge in [0, 0.05) is 11.9 Å². The van der Waals surface area contributed by atoms with Crippen molar-refractivity contribution in [3.05, 3.63) is 29.8 Å². The van der Waals surface area contributed by atoms with Crippen LogP contribution in [0.5, 0.6) is 0 Å². The topological polar surface area (TPSA) is 12.4 Å². The summed E-state index contributed by atoms with van der Waals surface area (Å²) < 4.78 is 0. The first-order chi connectivity index (χ1) is 5.34. The molecule has 0 saturated carbocycles. The summed E-state index contributed by atoms with van der Waals surface area (Å²) in [6.45, 7) is 2.10. The second-order valence-electron chi connectivity index (χ2n) is 2.25. The highest BCUT2D eigenvalue weighted by Crippen LogP contribution is 2.18. The van der Waals surface area contributed by atoms with Crippen molar-refractivity contribution in [3.63, 3.8) is 0 Å². The van der Waals surface area contributed by atoms with Gasteiger partial charge in [-0.15, -0.1) is 0 Å². The highest BCUT2D eigenvalue weighted by atomic mass is 32.2. The van der Waals surface area contributed by atoms with Gasteiger partial charge in [-0.1, -0.05) is 30.0 Å². The van der Waals surface area contributed by atoms with Crippen molar-refractivity contribution in [2.24, 2.45) is 4.99 Å². The predicted molar refractivity (Wildman–Crippen MR) is 51.5 cm³/mol. The summed E-state index contributed by atoms with van der Waals surface area (Å²) >= 11 is 1.66. The lowest BCUT2D eigenvalue weighted by Crippen LogP contribution is -1.76. The first kappa shape index (κ1) is 8.34. The normalized spacial score (nSPS) is 10.7. The maximum absolute atomic E-state index is 3.91. The minimum atomic E-state index is 1.28. The molecule has 0 unspecified atom stereocenters. The average molecular weight is 165 g/mol. The molecule has 0 aliphatic rings. The van der Waals surface area contributed by atoms with E-state index < -0.39 is 0 Å². The molecule has 58 valence electrons. The van der Waals surface area contributed by atoms with Crippen LogP contribution in [0.25, 0.3) is 0 Å². The van der Waals surface area contributed by atoms with E-state index in [1.54, 1.807) is 18.8 Å². The Labute approximate surface area is 71.5 Å². The third-order valence-electron chi connectivity index (χ3n) is 1.38. The van der Waals surface area contributed by atoms with Gasteiger partial charge in [0.05, 0.1) is 5.55 Å². The van der Waals surface area contributed by atoms with Crippen molar-refractivity contribution in [2.75, 3.05) is 7.05 Å². The predicted octanol–water partition coefficient (Wildman–Crippen LogP) is 2.75. The zero-order chi connectivity index (χ0) is 8.10. The van der Waals surface area contributed by atoms with Gasteiger partial charge >= 0.3 is 0 Å². The van der Waals surface area contributed by atoms with Crippen LogP contribution in [-0.2, 0) is 0 Å². The van der Waals surface area contributed by atoms with E-state index in [0.29, 0.717) is 0 Å². The molecule has 0 spiro atoms. The summed E-state index contributed by atoms with van der Waals surface area (Å²) in [5.74, 6) is 0. The molecule has 0 aliphatic carbocycles. The van der Waals surface area contributed by atoms with Gasteiger partial charge in [-0.3, -0.25) is 4.99 Å². The third-order valence-corrected chi connectivity index (χ3v) is 2.41. The smallest absolute Gasteiger partial charge is 0.0585 e. The number of rotatable bonds is 2. The van der Waals surface area contributed by atoms with Crippen LogP contribution in [0, 0.1) is 6.92 Å². The summed E-state index contributed by atoms with van der Waals surface area (Å²) in [4.78, 5) is 5.19. The molecule has 1 rings (SSSR count). The van der Waals surface area contributed by atoms with Gasteiger partial charge in [0.1, 0.15) is 0 Å². The SMILES string of the molecule is C/N=C/Sc1ccccc1C. The van der Waals surface area contributed by atoms with Gasteiger partial charge in [0.2, 0.25) is 0 Å². The van der Waals surface area contributed by atoms with Gasteiger partial charge in [0.25, 0.3) is 0 Å². The lowest BCUT2D eigenvalue weighted by molar-refractivity contribution is 1.31. The van der Waals surface area contributed by atoms with Crippen molar-refractivity contribution < 1.29 is 0 Å². The molecular formula is C9H11NS. The second kappa shape index (κ2) is 4.19. The molecule has 0 radical (unpaired) electrons. The Bertz CT molecular complexity index is 255. The van der Waals surface area contributed by atoms with Crippen molar-refractivity contribution in [1.29, 1.82) is 0 Å². The molecule has 0 atom stereocenters. The summed E-state index contributed by atoms with van der Waals surface area (Å²) in [5, 5.41) is 0. The Hall–Kier alpha value is -0.760. The Balaban J connectivity index is 2.77. The number of hydrogen-bond donors (Lipinski definition) is 0. The van der Waals surface area contributed by atoms with Crippen LogP contribution in [-0.4, -0.2) is 12.6 Å². The number of aliphatic imine (C=N–C) groups is 1. The molecule has 0 saturated heterocycles. The van der Waals surface area contributed by atoms with Gasteiger partial charge < -0.3 is 0 Å². The highest BCUT2D eigenvalue weighted by molar-refractivity contribution is 8.12. The number of hydrogen-bond acceptors (Lipinski definition) is 2. The van der Waals surface area contributed by atoms with Crippen LogP contribution in [0.4, 0.5) is 0 Å². The van der Waals surface area contributed by atoms with E-state index in [1.807, 2.05) is 17.7 Å². The number of benzene rings is 1. The van der Waals surface area contributed by atoms with Crippen LogP contribution in [0.2, 0.25) is 0 Å². The third kappa shape index (κ3) is 2.39. The molecule has 0 aromatic heterocycles. The second-order valence-corrected chi connectivity index (χ2v) is 3.13. The van der Waals surface area contributed by atoms with E-state index >= 15 is 0 Å². The van der Waals surface area contributed by atoms with E-state index in [1.165, 1.54) is 10.5 Å². The fraction of sp³-hybridized carbons (Fsp3) is 0.222. The summed E-state index contributed by atoms with van der Waals surface area (Å²) in [6, 6.07) is 8.29. The lowest BCUT2D eigenvalue weighted by atomic mass is 10.2. The van der Waals surface area contributed by atoms with Gasteiger partial charge in [-0.25, -0.2) is 0 Å². The fourth-order valence-electron chi connectivity index (χ4n) is 0.798. The molecule has 0 N–H and O–H groups in total. The van der Waals surface area contributed by atoms with E-state index in [9.17, 15) is 0 Å². The first-order valence-electron chi connectivity index (χ1n) is 3.47. The molecule has 11 heavy (non-hydrogen) atoms. The Morgan fingerprint density at radius 2 is 2.09 bits per heavy atom. The van der Waals surface area contributed by atoms with E-state index in [-0.39, 0.29) is 0 Å². The molecular weight excluding hydrogens is 154 g/mol. The average Bonchev–Trinajstić information content (AvgIpc) is 2.03. The number of aryl methyl sites for hydroxylation is 1.